The van der Waals surface area contributed by atoms with E-state index >= 15 is 0 Å². The number of amides is 1. The van der Waals surface area contributed by atoms with E-state index in [-0.39, 0.29) is 23.9 Å². The fourth-order valence-electron chi connectivity index (χ4n) is 2.62. The second-order valence-corrected chi connectivity index (χ2v) is 5.38. The molecule has 6 nitrogen and oxygen atoms in total. The zero-order chi connectivity index (χ0) is 14.5. The largest absolute Gasteiger partial charge is 0.481 e. The van der Waals surface area contributed by atoms with Crippen molar-refractivity contribution in [1.29, 1.82) is 0 Å². The van der Waals surface area contributed by atoms with Gasteiger partial charge in [0.1, 0.15) is 0 Å². The van der Waals surface area contributed by atoms with Crippen molar-refractivity contribution in [3.63, 3.8) is 0 Å². The smallest absolute Gasteiger partial charge is 0.310 e. The van der Waals surface area contributed by atoms with Crippen LogP contribution in [0.4, 0.5) is 0 Å². The molecule has 1 amide bonds. The van der Waals surface area contributed by atoms with Gasteiger partial charge in [-0.25, -0.2) is 0 Å². The van der Waals surface area contributed by atoms with E-state index in [9.17, 15) is 9.59 Å². The van der Waals surface area contributed by atoms with Gasteiger partial charge in [0.25, 0.3) is 0 Å². The molecule has 112 valence electrons. The Hall–Kier alpha value is -1.40. The molecule has 0 aromatic rings. The molecule has 2 aliphatic rings. The minimum Gasteiger partial charge on any atom is -0.481 e. The van der Waals surface area contributed by atoms with Gasteiger partial charge in [0.2, 0.25) is 5.91 Å². The number of carbonyl (C=O) groups excluding carboxylic acids is 1. The van der Waals surface area contributed by atoms with E-state index in [4.69, 9.17) is 9.84 Å². The lowest BCUT2D eigenvalue weighted by Crippen LogP contribution is -2.46. The van der Waals surface area contributed by atoms with E-state index in [0.717, 1.165) is 13.0 Å². The fraction of sp³-hybridized carbons (Fsp3) is 0.714. The Balaban J connectivity index is 1.83. The van der Waals surface area contributed by atoms with Crippen molar-refractivity contribution in [3.8, 4) is 0 Å². The molecule has 1 aliphatic carbocycles. The van der Waals surface area contributed by atoms with Crippen LogP contribution < -0.4 is 10.6 Å². The van der Waals surface area contributed by atoms with E-state index < -0.39 is 11.9 Å². The van der Waals surface area contributed by atoms with Crippen molar-refractivity contribution in [2.24, 2.45) is 11.8 Å². The van der Waals surface area contributed by atoms with E-state index in [1.54, 1.807) is 12.2 Å². The molecular weight excluding hydrogens is 260 g/mol. The van der Waals surface area contributed by atoms with Crippen LogP contribution in [0, 0.1) is 11.8 Å². The maximum Gasteiger partial charge on any atom is 0.310 e. The number of rotatable bonds is 6. The maximum atomic E-state index is 12.2. The van der Waals surface area contributed by atoms with Crippen molar-refractivity contribution >= 4 is 11.9 Å². The zero-order valence-corrected chi connectivity index (χ0v) is 11.7. The molecule has 1 aliphatic heterocycles. The second kappa shape index (κ2) is 6.85. The van der Waals surface area contributed by atoms with Gasteiger partial charge >= 0.3 is 5.97 Å². The van der Waals surface area contributed by atoms with Gasteiger partial charge in [0, 0.05) is 12.1 Å². The molecular formula is C14H22N2O4. The summed E-state index contributed by atoms with van der Waals surface area (Å²) in [7, 11) is 0. The quantitative estimate of drug-likeness (QED) is 0.603. The van der Waals surface area contributed by atoms with Gasteiger partial charge in [-0.1, -0.05) is 19.1 Å². The van der Waals surface area contributed by atoms with Gasteiger partial charge in [0.05, 0.1) is 25.0 Å². The number of hydrogen-bond donors (Lipinski definition) is 3. The molecule has 4 atom stereocenters. The molecule has 1 saturated heterocycles. The lowest BCUT2D eigenvalue weighted by molar-refractivity contribution is -0.140. The molecule has 0 aromatic heterocycles. The molecule has 3 N–H and O–H groups in total. The molecule has 0 saturated carbocycles. The highest BCUT2D eigenvalue weighted by Gasteiger charge is 2.35. The van der Waals surface area contributed by atoms with Gasteiger partial charge in [-0.15, -0.1) is 0 Å². The molecule has 1 heterocycles. The predicted octanol–water partition coefficient (Wildman–Crippen LogP) is 0.147. The minimum absolute atomic E-state index is 0.0515. The molecule has 0 spiro atoms. The summed E-state index contributed by atoms with van der Waals surface area (Å²) in [5.74, 6) is -1.59. The zero-order valence-electron chi connectivity index (χ0n) is 11.7. The SMILES string of the molecule is CCCNC1COCC1C(=O)NC1C=CC(C(=O)O)C1. The standard InChI is InChI=1S/C14H22N2O4/c1-2-5-15-12-8-20-7-11(12)13(17)16-10-4-3-9(6-10)14(18)19/h3-4,9-12,15H,2,5-8H2,1H3,(H,16,17)(H,18,19). The lowest BCUT2D eigenvalue weighted by atomic mass is 10.0. The molecule has 0 aromatic carbocycles. The van der Waals surface area contributed by atoms with Gasteiger partial charge in [-0.05, 0) is 19.4 Å². The minimum atomic E-state index is -0.843. The number of ether oxygens (including phenoxy) is 1. The summed E-state index contributed by atoms with van der Waals surface area (Å²) in [4.78, 5) is 23.1. The van der Waals surface area contributed by atoms with Crippen LogP contribution in [0.3, 0.4) is 0 Å². The summed E-state index contributed by atoms with van der Waals surface area (Å²) < 4.78 is 5.38. The number of hydrogen-bond acceptors (Lipinski definition) is 4. The molecule has 20 heavy (non-hydrogen) atoms. The Bertz CT molecular complexity index is 397. The van der Waals surface area contributed by atoms with E-state index in [2.05, 4.69) is 17.6 Å². The monoisotopic (exact) mass is 282 g/mol. The van der Waals surface area contributed by atoms with Crippen LogP contribution >= 0.6 is 0 Å². The van der Waals surface area contributed by atoms with Crippen LogP contribution in [0.15, 0.2) is 12.2 Å². The van der Waals surface area contributed by atoms with Crippen LogP contribution in [0.25, 0.3) is 0 Å². The summed E-state index contributed by atoms with van der Waals surface area (Å²) >= 11 is 0. The average molecular weight is 282 g/mol. The summed E-state index contributed by atoms with van der Waals surface area (Å²) in [5.41, 5.74) is 0. The summed E-state index contributed by atoms with van der Waals surface area (Å²) in [6.45, 7) is 3.91. The third kappa shape index (κ3) is 3.58. The highest BCUT2D eigenvalue weighted by molar-refractivity contribution is 5.81. The highest BCUT2D eigenvalue weighted by Crippen LogP contribution is 2.20. The topological polar surface area (TPSA) is 87.7 Å². The van der Waals surface area contributed by atoms with Crippen molar-refractivity contribution < 1.29 is 19.4 Å². The van der Waals surface area contributed by atoms with E-state index in [1.165, 1.54) is 0 Å². The van der Waals surface area contributed by atoms with Crippen LogP contribution in [0.2, 0.25) is 0 Å². The third-order valence-corrected chi connectivity index (χ3v) is 3.80. The first-order valence-electron chi connectivity index (χ1n) is 7.14. The Kier molecular flexibility index (Phi) is 5.14. The van der Waals surface area contributed by atoms with Gasteiger partial charge in [-0.2, -0.15) is 0 Å². The van der Waals surface area contributed by atoms with Crippen molar-refractivity contribution in [2.45, 2.75) is 31.8 Å². The summed E-state index contributed by atoms with van der Waals surface area (Å²) in [6, 6.07) is -0.133. The molecule has 4 unspecified atom stereocenters. The van der Waals surface area contributed by atoms with Crippen molar-refractivity contribution in [1.82, 2.24) is 10.6 Å². The fourth-order valence-corrected chi connectivity index (χ4v) is 2.62. The third-order valence-electron chi connectivity index (χ3n) is 3.80. The average Bonchev–Trinajstić information content (AvgIpc) is 3.04. The van der Waals surface area contributed by atoms with Crippen molar-refractivity contribution in [3.05, 3.63) is 12.2 Å². The first-order chi connectivity index (χ1) is 9.61. The number of carbonyl (C=O) groups is 2. The molecule has 6 heteroatoms. The van der Waals surface area contributed by atoms with E-state index in [0.29, 0.717) is 19.6 Å². The van der Waals surface area contributed by atoms with Crippen LogP contribution in [-0.4, -0.2) is 48.8 Å². The lowest BCUT2D eigenvalue weighted by Gasteiger charge is -2.20. The molecule has 1 fully saturated rings. The molecule has 0 radical (unpaired) electrons. The van der Waals surface area contributed by atoms with Gasteiger partial charge in [0.15, 0.2) is 0 Å². The molecule has 0 bridgehead atoms. The number of aliphatic carboxylic acids is 1. The van der Waals surface area contributed by atoms with Crippen molar-refractivity contribution in [2.75, 3.05) is 19.8 Å². The first kappa shape index (κ1) is 15.0. The Morgan fingerprint density at radius 2 is 2.15 bits per heavy atom. The van der Waals surface area contributed by atoms with E-state index in [1.807, 2.05) is 0 Å². The van der Waals surface area contributed by atoms with Gasteiger partial charge < -0.3 is 20.5 Å². The Morgan fingerprint density at radius 3 is 2.80 bits per heavy atom. The number of carboxylic acids is 1. The maximum absolute atomic E-state index is 12.2. The predicted molar refractivity (Wildman–Crippen MR) is 73.2 cm³/mol. The number of nitrogens with one attached hydrogen (secondary N) is 2. The highest BCUT2D eigenvalue weighted by atomic mass is 16.5. The van der Waals surface area contributed by atoms with Crippen LogP contribution in [-0.2, 0) is 14.3 Å². The number of carboxylic acid groups (broad SMARTS) is 1. The summed E-state index contributed by atoms with van der Waals surface area (Å²) in [5, 5.41) is 15.1. The second-order valence-electron chi connectivity index (χ2n) is 5.38. The normalized spacial score (nSPS) is 32.5. The first-order valence-corrected chi connectivity index (χ1v) is 7.14. The van der Waals surface area contributed by atoms with Gasteiger partial charge in [-0.3, -0.25) is 9.59 Å². The van der Waals surface area contributed by atoms with Crippen LogP contribution in [0.5, 0.6) is 0 Å². The summed E-state index contributed by atoms with van der Waals surface area (Å²) in [6.07, 6.45) is 4.85. The Labute approximate surface area is 118 Å². The molecule has 2 rings (SSSR count). The van der Waals surface area contributed by atoms with Crippen LogP contribution in [0.1, 0.15) is 19.8 Å². The Morgan fingerprint density at radius 1 is 1.35 bits per heavy atom.